The van der Waals surface area contributed by atoms with Crippen molar-refractivity contribution in [3.63, 3.8) is 0 Å². The van der Waals surface area contributed by atoms with Gasteiger partial charge in [0.2, 0.25) is 0 Å². The first-order valence-electron chi connectivity index (χ1n) is 8.79. The van der Waals surface area contributed by atoms with Gasteiger partial charge in [0.25, 0.3) is 5.91 Å². The second kappa shape index (κ2) is 8.15. The van der Waals surface area contributed by atoms with Crippen LogP contribution in [0, 0.1) is 5.82 Å². The van der Waals surface area contributed by atoms with Crippen molar-refractivity contribution in [3.8, 4) is 5.75 Å². The molecule has 1 saturated heterocycles. The van der Waals surface area contributed by atoms with E-state index in [0.717, 1.165) is 0 Å². The number of ether oxygens (including phenoxy) is 1. The lowest BCUT2D eigenvalue weighted by Gasteiger charge is -2.37. The van der Waals surface area contributed by atoms with Crippen molar-refractivity contribution in [2.75, 3.05) is 18.0 Å². The highest BCUT2D eigenvalue weighted by atomic mass is 35.5. The highest BCUT2D eigenvalue weighted by Crippen LogP contribution is 2.25. The first-order chi connectivity index (χ1) is 12.8. The Morgan fingerprint density at radius 2 is 1.96 bits per heavy atom. The summed E-state index contributed by atoms with van der Waals surface area (Å²) in [6.07, 6.45) is 0.0912. The van der Waals surface area contributed by atoms with Crippen LogP contribution in [-0.4, -0.2) is 36.3 Å². The van der Waals surface area contributed by atoms with E-state index in [1.807, 2.05) is 18.7 Å². The van der Waals surface area contributed by atoms with Crippen LogP contribution in [0.25, 0.3) is 0 Å². The monoisotopic (exact) mass is 392 g/mol. The van der Waals surface area contributed by atoms with E-state index >= 15 is 0 Å². The van der Waals surface area contributed by atoms with Gasteiger partial charge >= 0.3 is 0 Å². The van der Waals surface area contributed by atoms with E-state index in [-0.39, 0.29) is 41.2 Å². The molecule has 3 rings (SSSR count). The molecule has 1 aliphatic rings. The minimum atomic E-state index is -0.350. The molecule has 1 aliphatic heterocycles. The Hall–Kier alpha value is -2.31. The quantitative estimate of drug-likeness (QED) is 0.832. The van der Waals surface area contributed by atoms with Crippen LogP contribution >= 0.6 is 11.6 Å². The maximum atomic E-state index is 14.6. The van der Waals surface area contributed by atoms with E-state index in [4.69, 9.17) is 16.3 Å². The number of anilines is 1. The number of halogens is 2. The number of nitrogens with zero attached hydrogens (tertiary/aromatic N) is 1. The fraction of sp³-hybridized carbons (Fsp3) is 0.350. The molecule has 5 nitrogen and oxygen atoms in total. The van der Waals surface area contributed by atoms with Crippen molar-refractivity contribution in [2.45, 2.75) is 32.6 Å². The summed E-state index contributed by atoms with van der Waals surface area (Å²) in [5.74, 6) is -0.759. The molecule has 0 saturated carbocycles. The van der Waals surface area contributed by atoms with Gasteiger partial charge in [0, 0.05) is 25.2 Å². The molecule has 1 amide bonds. The number of hydrogen-bond acceptors (Lipinski definition) is 4. The maximum absolute atomic E-state index is 14.6. The average Bonchev–Trinajstić information content (AvgIpc) is 2.61. The summed E-state index contributed by atoms with van der Waals surface area (Å²) in [5.41, 5.74) is 1.52. The number of aromatic hydroxyl groups is 1. The number of benzene rings is 2. The zero-order valence-electron chi connectivity index (χ0n) is 15.2. The smallest absolute Gasteiger partial charge is 0.251 e. The fourth-order valence-corrected chi connectivity index (χ4v) is 3.40. The highest BCUT2D eigenvalue weighted by Gasteiger charge is 2.24. The van der Waals surface area contributed by atoms with Crippen molar-refractivity contribution < 1.29 is 19.0 Å². The summed E-state index contributed by atoms with van der Waals surface area (Å²) in [6.45, 7) is 5.41. The molecule has 27 heavy (non-hydrogen) atoms. The Balaban J connectivity index is 1.65. The lowest BCUT2D eigenvalue weighted by atomic mass is 10.1. The first kappa shape index (κ1) is 19.5. The Labute approximate surface area is 162 Å². The van der Waals surface area contributed by atoms with Gasteiger partial charge in [-0.25, -0.2) is 4.39 Å². The summed E-state index contributed by atoms with van der Waals surface area (Å²) in [7, 11) is 0. The Morgan fingerprint density at radius 3 is 2.59 bits per heavy atom. The van der Waals surface area contributed by atoms with Gasteiger partial charge in [-0.05, 0) is 49.7 Å². The fourth-order valence-electron chi connectivity index (χ4n) is 3.22. The van der Waals surface area contributed by atoms with Crippen molar-refractivity contribution in [3.05, 3.63) is 58.4 Å². The molecule has 2 aromatic carbocycles. The van der Waals surface area contributed by atoms with Gasteiger partial charge in [-0.15, -0.1) is 0 Å². The molecule has 1 fully saturated rings. The molecule has 2 atom stereocenters. The molecule has 1 heterocycles. The second-order valence-corrected chi connectivity index (χ2v) is 7.20. The van der Waals surface area contributed by atoms with E-state index in [1.165, 1.54) is 24.3 Å². The molecule has 0 spiro atoms. The number of nitrogens with one attached hydrogen (secondary N) is 1. The van der Waals surface area contributed by atoms with Crippen LogP contribution in [0.3, 0.4) is 0 Å². The molecule has 0 bridgehead atoms. The SMILES string of the molecule is CC1CN(c2ccc(CNC(=O)c3ccc(O)c(Cl)c3)cc2F)CC(C)O1. The van der Waals surface area contributed by atoms with Crippen LogP contribution in [0.1, 0.15) is 29.8 Å². The van der Waals surface area contributed by atoms with Gasteiger partial charge in [0.1, 0.15) is 11.6 Å². The van der Waals surface area contributed by atoms with Gasteiger partial charge in [-0.3, -0.25) is 4.79 Å². The summed E-state index contributed by atoms with van der Waals surface area (Å²) in [4.78, 5) is 14.2. The van der Waals surface area contributed by atoms with Gasteiger partial charge < -0.3 is 20.1 Å². The standard InChI is InChI=1S/C20H22ClFN2O3/c1-12-10-24(11-13(2)27-12)18-5-3-14(7-17(18)22)9-23-20(26)15-4-6-19(25)16(21)8-15/h3-8,12-13,25H,9-11H2,1-2H3,(H,23,26). The Morgan fingerprint density at radius 1 is 1.26 bits per heavy atom. The predicted molar refractivity (Wildman–Crippen MR) is 103 cm³/mol. The van der Waals surface area contributed by atoms with Crippen LogP contribution in [0.15, 0.2) is 36.4 Å². The second-order valence-electron chi connectivity index (χ2n) is 6.80. The van der Waals surface area contributed by atoms with Gasteiger partial charge in [0.05, 0.1) is 22.9 Å². The van der Waals surface area contributed by atoms with Crippen molar-refractivity contribution in [1.29, 1.82) is 0 Å². The van der Waals surface area contributed by atoms with Crippen molar-refractivity contribution >= 4 is 23.2 Å². The largest absolute Gasteiger partial charge is 0.506 e. The molecule has 0 aliphatic carbocycles. The number of carbonyl (C=O) groups is 1. The third kappa shape index (κ3) is 4.70. The minimum absolute atomic E-state index is 0.0456. The minimum Gasteiger partial charge on any atom is -0.506 e. The van der Waals surface area contributed by atoms with Crippen LogP contribution in [-0.2, 0) is 11.3 Å². The van der Waals surface area contributed by atoms with E-state index in [0.29, 0.717) is 29.9 Å². The topological polar surface area (TPSA) is 61.8 Å². The van der Waals surface area contributed by atoms with Crippen LogP contribution in [0.2, 0.25) is 5.02 Å². The first-order valence-corrected chi connectivity index (χ1v) is 9.17. The molecule has 0 radical (unpaired) electrons. The van der Waals surface area contributed by atoms with E-state index < -0.39 is 0 Å². The van der Waals surface area contributed by atoms with Crippen LogP contribution in [0.4, 0.5) is 10.1 Å². The number of morpholine rings is 1. The Bertz CT molecular complexity index is 836. The van der Waals surface area contributed by atoms with Gasteiger partial charge in [-0.1, -0.05) is 17.7 Å². The van der Waals surface area contributed by atoms with Crippen LogP contribution < -0.4 is 10.2 Å². The van der Waals surface area contributed by atoms with E-state index in [9.17, 15) is 14.3 Å². The molecule has 7 heteroatoms. The Kier molecular flexibility index (Phi) is 5.87. The number of hydrogen-bond donors (Lipinski definition) is 2. The molecule has 2 unspecified atom stereocenters. The van der Waals surface area contributed by atoms with Crippen molar-refractivity contribution in [1.82, 2.24) is 5.32 Å². The molecule has 0 aromatic heterocycles. The number of carbonyl (C=O) groups excluding carboxylic acids is 1. The average molecular weight is 393 g/mol. The van der Waals surface area contributed by atoms with E-state index in [1.54, 1.807) is 12.1 Å². The molecular weight excluding hydrogens is 371 g/mol. The lowest BCUT2D eigenvalue weighted by molar-refractivity contribution is -0.00539. The zero-order chi connectivity index (χ0) is 19.6. The summed E-state index contributed by atoms with van der Waals surface area (Å²) < 4.78 is 20.3. The lowest BCUT2D eigenvalue weighted by Crippen LogP contribution is -2.45. The van der Waals surface area contributed by atoms with E-state index in [2.05, 4.69) is 5.32 Å². The highest BCUT2D eigenvalue weighted by molar-refractivity contribution is 6.32. The maximum Gasteiger partial charge on any atom is 0.251 e. The van der Waals surface area contributed by atoms with Gasteiger partial charge in [0.15, 0.2) is 0 Å². The van der Waals surface area contributed by atoms with Crippen molar-refractivity contribution in [2.24, 2.45) is 0 Å². The summed E-state index contributed by atoms with van der Waals surface area (Å²) in [5, 5.41) is 12.2. The third-order valence-electron chi connectivity index (χ3n) is 4.44. The summed E-state index contributed by atoms with van der Waals surface area (Å²) >= 11 is 5.81. The molecular formula is C20H22ClFN2O3. The number of phenols is 1. The summed E-state index contributed by atoms with van der Waals surface area (Å²) in [6, 6.07) is 9.18. The number of phenolic OH excluding ortho intramolecular Hbond substituents is 1. The molecule has 144 valence electrons. The van der Waals surface area contributed by atoms with Gasteiger partial charge in [-0.2, -0.15) is 0 Å². The molecule has 2 aromatic rings. The zero-order valence-corrected chi connectivity index (χ0v) is 16.0. The number of rotatable bonds is 4. The predicted octanol–water partition coefficient (Wildman–Crippen LogP) is 3.73. The molecule has 2 N–H and O–H groups in total. The number of amides is 1. The van der Waals surface area contributed by atoms with Crippen LogP contribution in [0.5, 0.6) is 5.75 Å². The third-order valence-corrected chi connectivity index (χ3v) is 4.74. The normalized spacial score (nSPS) is 19.8.